The van der Waals surface area contributed by atoms with Crippen LogP contribution in [0, 0.1) is 6.92 Å². The summed E-state index contributed by atoms with van der Waals surface area (Å²) >= 11 is 0. The third-order valence-corrected chi connectivity index (χ3v) is 5.43. The van der Waals surface area contributed by atoms with Crippen molar-refractivity contribution < 1.29 is 13.9 Å². The van der Waals surface area contributed by atoms with E-state index < -0.39 is 0 Å². The molecule has 27 heavy (non-hydrogen) atoms. The van der Waals surface area contributed by atoms with Crippen molar-refractivity contribution >= 4 is 5.91 Å². The molecule has 0 unspecified atom stereocenters. The summed E-state index contributed by atoms with van der Waals surface area (Å²) in [5, 5.41) is 3.19. The molecule has 0 saturated carbocycles. The first kappa shape index (κ1) is 20.4. The monoisotopic (exact) mass is 377 g/mol. The highest BCUT2D eigenvalue weighted by molar-refractivity contribution is 5.93. The number of furan rings is 1. The van der Waals surface area contributed by atoms with Crippen molar-refractivity contribution in [2.75, 3.05) is 45.9 Å². The summed E-state index contributed by atoms with van der Waals surface area (Å²) in [6, 6.07) is 1.99. The van der Waals surface area contributed by atoms with E-state index in [9.17, 15) is 4.79 Å². The average molecular weight is 378 g/mol. The molecule has 1 amide bonds. The molecule has 0 bridgehead atoms. The topological polar surface area (TPSA) is 58.0 Å². The highest BCUT2D eigenvalue weighted by Gasteiger charge is 2.27. The van der Waals surface area contributed by atoms with E-state index in [2.05, 4.69) is 29.0 Å². The SMILES string of the molecule is Cc1cc(CN2CCOCC2)oc1C(=O)NC(C)(C)CN1CCCCCC1. The van der Waals surface area contributed by atoms with E-state index in [4.69, 9.17) is 9.15 Å². The molecule has 0 aromatic carbocycles. The van der Waals surface area contributed by atoms with Gasteiger partial charge in [0.1, 0.15) is 5.76 Å². The van der Waals surface area contributed by atoms with E-state index in [-0.39, 0.29) is 11.4 Å². The predicted molar refractivity (Wildman–Crippen MR) is 106 cm³/mol. The number of nitrogens with one attached hydrogen (secondary N) is 1. The molecular formula is C21H35N3O3. The first-order valence-electron chi connectivity index (χ1n) is 10.4. The summed E-state index contributed by atoms with van der Waals surface area (Å²) in [6.07, 6.45) is 5.15. The lowest BCUT2D eigenvalue weighted by Crippen LogP contribution is -2.51. The predicted octanol–water partition coefficient (Wildman–Crippen LogP) is 2.80. The minimum absolute atomic E-state index is 0.111. The Morgan fingerprint density at radius 2 is 1.74 bits per heavy atom. The summed E-state index contributed by atoms with van der Waals surface area (Å²) in [5.41, 5.74) is 0.617. The normalized spacial score (nSPS) is 20.4. The largest absolute Gasteiger partial charge is 0.454 e. The molecule has 2 fully saturated rings. The number of morpholine rings is 1. The van der Waals surface area contributed by atoms with Crippen LogP contribution in [0.3, 0.4) is 0 Å². The van der Waals surface area contributed by atoms with Crippen LogP contribution >= 0.6 is 0 Å². The van der Waals surface area contributed by atoms with Crippen molar-refractivity contribution in [1.82, 2.24) is 15.1 Å². The van der Waals surface area contributed by atoms with Crippen molar-refractivity contribution in [2.45, 2.75) is 58.5 Å². The van der Waals surface area contributed by atoms with E-state index in [1.54, 1.807) is 0 Å². The molecular weight excluding hydrogens is 342 g/mol. The van der Waals surface area contributed by atoms with Gasteiger partial charge in [0.2, 0.25) is 0 Å². The van der Waals surface area contributed by atoms with Crippen molar-refractivity contribution in [3.8, 4) is 0 Å². The zero-order chi connectivity index (χ0) is 19.3. The molecule has 1 N–H and O–H groups in total. The molecule has 2 aliphatic heterocycles. The fourth-order valence-corrected chi connectivity index (χ4v) is 4.09. The van der Waals surface area contributed by atoms with Crippen molar-refractivity contribution in [3.63, 3.8) is 0 Å². The van der Waals surface area contributed by atoms with E-state index >= 15 is 0 Å². The van der Waals surface area contributed by atoms with Crippen LogP contribution in [0.25, 0.3) is 0 Å². The lowest BCUT2D eigenvalue weighted by atomic mass is 10.0. The average Bonchev–Trinajstić information content (AvgIpc) is 2.80. The van der Waals surface area contributed by atoms with Crippen LogP contribution in [0.15, 0.2) is 10.5 Å². The Morgan fingerprint density at radius 1 is 1.07 bits per heavy atom. The number of carbonyl (C=O) groups excluding carboxylic acids is 1. The summed E-state index contributed by atoms with van der Waals surface area (Å²) in [7, 11) is 0. The zero-order valence-corrected chi connectivity index (χ0v) is 17.2. The quantitative estimate of drug-likeness (QED) is 0.826. The molecule has 0 atom stereocenters. The Balaban J connectivity index is 1.57. The van der Waals surface area contributed by atoms with E-state index in [0.717, 1.165) is 63.8 Å². The number of rotatable bonds is 6. The Hall–Kier alpha value is -1.37. The van der Waals surface area contributed by atoms with Crippen molar-refractivity contribution in [1.29, 1.82) is 0 Å². The van der Waals surface area contributed by atoms with Crippen LogP contribution in [0.4, 0.5) is 0 Å². The van der Waals surface area contributed by atoms with Gasteiger partial charge in [-0.05, 0) is 52.8 Å². The lowest BCUT2D eigenvalue weighted by Gasteiger charge is -2.32. The highest BCUT2D eigenvalue weighted by atomic mass is 16.5. The lowest BCUT2D eigenvalue weighted by molar-refractivity contribution is 0.0311. The van der Waals surface area contributed by atoms with Crippen LogP contribution in [0.5, 0.6) is 0 Å². The molecule has 0 spiro atoms. The van der Waals surface area contributed by atoms with Crippen molar-refractivity contribution in [3.05, 3.63) is 23.2 Å². The number of hydrogen-bond acceptors (Lipinski definition) is 5. The molecule has 0 radical (unpaired) electrons. The third-order valence-electron chi connectivity index (χ3n) is 5.43. The number of carbonyl (C=O) groups is 1. The molecule has 3 heterocycles. The van der Waals surface area contributed by atoms with Gasteiger partial charge in [-0.1, -0.05) is 12.8 Å². The fraction of sp³-hybridized carbons (Fsp3) is 0.762. The maximum Gasteiger partial charge on any atom is 0.287 e. The smallest absolute Gasteiger partial charge is 0.287 e. The molecule has 3 rings (SSSR count). The molecule has 2 saturated heterocycles. The van der Waals surface area contributed by atoms with Crippen molar-refractivity contribution in [2.24, 2.45) is 0 Å². The summed E-state index contributed by atoms with van der Waals surface area (Å²) in [5.74, 6) is 1.19. The highest BCUT2D eigenvalue weighted by Crippen LogP contribution is 2.19. The van der Waals surface area contributed by atoms with Gasteiger partial charge in [-0.15, -0.1) is 0 Å². The number of aryl methyl sites for hydroxylation is 1. The van der Waals surface area contributed by atoms with Gasteiger partial charge in [0.05, 0.1) is 19.8 Å². The minimum atomic E-state index is -0.287. The van der Waals surface area contributed by atoms with E-state index in [0.29, 0.717) is 5.76 Å². The number of nitrogens with zero attached hydrogens (tertiary/aromatic N) is 2. The maximum absolute atomic E-state index is 12.8. The second-order valence-corrected chi connectivity index (χ2v) is 8.64. The number of amides is 1. The van der Waals surface area contributed by atoms with Gasteiger partial charge in [-0.25, -0.2) is 0 Å². The minimum Gasteiger partial charge on any atom is -0.454 e. The molecule has 1 aromatic rings. The second kappa shape index (κ2) is 9.22. The van der Waals surface area contributed by atoms with Gasteiger partial charge in [0.15, 0.2) is 5.76 Å². The zero-order valence-electron chi connectivity index (χ0n) is 17.2. The standard InChI is InChI=1S/C21H35N3O3/c1-17-14-18(15-23-10-12-26-13-11-23)27-19(17)20(25)22-21(2,3)16-24-8-6-4-5-7-9-24/h14H,4-13,15-16H2,1-3H3,(H,22,25). The summed E-state index contributed by atoms with van der Waals surface area (Å²) < 4.78 is 11.3. The summed E-state index contributed by atoms with van der Waals surface area (Å²) in [6.45, 7) is 13.3. The number of likely N-dealkylation sites (tertiary alicyclic amines) is 1. The van der Waals surface area contributed by atoms with E-state index in [1.165, 1.54) is 25.7 Å². The Bertz CT molecular complexity index is 612. The van der Waals surface area contributed by atoms with Crippen LogP contribution in [-0.4, -0.2) is 67.2 Å². The van der Waals surface area contributed by atoms with Crippen LogP contribution in [0.2, 0.25) is 0 Å². The van der Waals surface area contributed by atoms with Gasteiger partial charge in [-0.2, -0.15) is 0 Å². The molecule has 6 heteroatoms. The summed E-state index contributed by atoms with van der Waals surface area (Å²) in [4.78, 5) is 17.6. The first-order valence-corrected chi connectivity index (χ1v) is 10.4. The molecule has 152 valence electrons. The van der Waals surface area contributed by atoms with Gasteiger partial charge in [-0.3, -0.25) is 9.69 Å². The van der Waals surface area contributed by atoms with Crippen LogP contribution in [0.1, 0.15) is 61.4 Å². The Kier molecular flexibility index (Phi) is 6.95. The molecule has 6 nitrogen and oxygen atoms in total. The molecule has 2 aliphatic rings. The van der Waals surface area contributed by atoms with Crippen LogP contribution in [-0.2, 0) is 11.3 Å². The van der Waals surface area contributed by atoms with Crippen LogP contribution < -0.4 is 5.32 Å². The Labute approximate surface area is 163 Å². The first-order chi connectivity index (χ1) is 12.9. The molecule has 0 aliphatic carbocycles. The Morgan fingerprint density at radius 3 is 2.41 bits per heavy atom. The number of ether oxygens (including phenoxy) is 1. The maximum atomic E-state index is 12.8. The third kappa shape index (κ3) is 6.06. The second-order valence-electron chi connectivity index (χ2n) is 8.64. The van der Waals surface area contributed by atoms with E-state index in [1.807, 2.05) is 13.0 Å². The van der Waals surface area contributed by atoms with Gasteiger partial charge in [0.25, 0.3) is 5.91 Å². The number of hydrogen-bond donors (Lipinski definition) is 1. The van der Waals surface area contributed by atoms with Gasteiger partial charge >= 0.3 is 0 Å². The van der Waals surface area contributed by atoms with Gasteiger partial charge in [0, 0.05) is 30.7 Å². The van der Waals surface area contributed by atoms with Gasteiger partial charge < -0.3 is 19.4 Å². The fourth-order valence-electron chi connectivity index (χ4n) is 4.09. The molecule has 1 aromatic heterocycles.